The van der Waals surface area contributed by atoms with Crippen LogP contribution in [0.2, 0.25) is 0 Å². The topological polar surface area (TPSA) is 89.2 Å². The lowest BCUT2D eigenvalue weighted by Crippen LogP contribution is -2.45. The molecule has 2 rings (SSSR count). The Morgan fingerprint density at radius 2 is 2.40 bits per heavy atom. The molecule has 0 aliphatic carbocycles. The Hall–Kier alpha value is -1.89. The first-order valence-corrected chi connectivity index (χ1v) is 6.71. The van der Waals surface area contributed by atoms with Crippen molar-refractivity contribution >= 4 is 11.6 Å². The second-order valence-electron chi connectivity index (χ2n) is 5.73. The highest BCUT2D eigenvalue weighted by Gasteiger charge is 2.28. The van der Waals surface area contributed by atoms with Crippen molar-refractivity contribution in [3.63, 3.8) is 0 Å². The molecule has 110 valence electrons. The predicted octanol–water partition coefficient (Wildman–Crippen LogP) is 1.05. The molecule has 0 spiro atoms. The number of carbonyl (C=O) groups is 1. The summed E-state index contributed by atoms with van der Waals surface area (Å²) < 4.78 is 1.48. The number of aromatic nitrogens is 1. The van der Waals surface area contributed by atoms with Gasteiger partial charge in [0.2, 0.25) is 0 Å². The molecule has 1 atom stereocenters. The van der Waals surface area contributed by atoms with Crippen LogP contribution in [0.15, 0.2) is 12.3 Å². The van der Waals surface area contributed by atoms with Gasteiger partial charge in [0.25, 0.3) is 11.6 Å². The molecule has 1 unspecified atom stereocenters. The molecule has 1 aliphatic heterocycles. The van der Waals surface area contributed by atoms with E-state index in [-0.39, 0.29) is 17.0 Å². The van der Waals surface area contributed by atoms with Gasteiger partial charge in [-0.1, -0.05) is 6.92 Å². The molecule has 1 saturated heterocycles. The fraction of sp³-hybridized carbons (Fsp3) is 0.615. The zero-order chi connectivity index (χ0) is 14.8. The summed E-state index contributed by atoms with van der Waals surface area (Å²) in [7, 11) is 1.63. The van der Waals surface area contributed by atoms with Gasteiger partial charge >= 0.3 is 0 Å². The Kier molecular flexibility index (Phi) is 4.08. The summed E-state index contributed by atoms with van der Waals surface area (Å²) in [5, 5.41) is 16.9. The van der Waals surface area contributed by atoms with E-state index in [1.54, 1.807) is 7.05 Å². The minimum atomic E-state index is -0.497. The highest BCUT2D eigenvalue weighted by atomic mass is 16.6. The van der Waals surface area contributed by atoms with Crippen LogP contribution >= 0.6 is 0 Å². The van der Waals surface area contributed by atoms with Gasteiger partial charge in [-0.05, 0) is 24.8 Å². The average molecular weight is 280 g/mol. The summed E-state index contributed by atoms with van der Waals surface area (Å²) in [4.78, 5) is 22.3. The van der Waals surface area contributed by atoms with Crippen molar-refractivity contribution < 1.29 is 9.72 Å². The zero-order valence-corrected chi connectivity index (χ0v) is 11.8. The van der Waals surface area contributed by atoms with Crippen LogP contribution in [0.5, 0.6) is 0 Å². The van der Waals surface area contributed by atoms with Crippen molar-refractivity contribution in [3.8, 4) is 0 Å². The number of hydrogen-bond donors (Lipinski definition) is 2. The van der Waals surface area contributed by atoms with Crippen LogP contribution in [-0.4, -0.2) is 35.0 Å². The molecule has 7 heteroatoms. The van der Waals surface area contributed by atoms with Gasteiger partial charge in [-0.2, -0.15) is 0 Å². The SMILES string of the molecule is Cn1cc([N+](=O)[O-])cc1C(=O)NCC1(C)CCCNC1. The third-order valence-corrected chi connectivity index (χ3v) is 3.80. The van der Waals surface area contributed by atoms with Crippen molar-refractivity contribution in [1.82, 2.24) is 15.2 Å². The first-order chi connectivity index (χ1) is 9.41. The molecule has 7 nitrogen and oxygen atoms in total. The molecule has 2 heterocycles. The Labute approximate surface area is 117 Å². The molecular weight excluding hydrogens is 260 g/mol. The molecule has 20 heavy (non-hydrogen) atoms. The summed E-state index contributed by atoms with van der Waals surface area (Å²) in [6.45, 7) is 4.60. The maximum absolute atomic E-state index is 12.1. The molecule has 1 fully saturated rings. The molecule has 0 aromatic carbocycles. The number of amides is 1. The Morgan fingerprint density at radius 1 is 1.65 bits per heavy atom. The fourth-order valence-electron chi connectivity index (χ4n) is 2.53. The number of carbonyl (C=O) groups excluding carboxylic acids is 1. The van der Waals surface area contributed by atoms with Crippen LogP contribution in [0, 0.1) is 15.5 Å². The van der Waals surface area contributed by atoms with Crippen LogP contribution < -0.4 is 10.6 Å². The lowest BCUT2D eigenvalue weighted by molar-refractivity contribution is -0.384. The Balaban J connectivity index is 1.99. The summed E-state index contributed by atoms with van der Waals surface area (Å²) in [6.07, 6.45) is 3.51. The van der Waals surface area contributed by atoms with E-state index in [9.17, 15) is 14.9 Å². The van der Waals surface area contributed by atoms with E-state index < -0.39 is 4.92 Å². The van der Waals surface area contributed by atoms with Gasteiger partial charge in [0, 0.05) is 26.2 Å². The first kappa shape index (κ1) is 14.5. The Bertz CT molecular complexity index is 518. The number of hydrogen-bond acceptors (Lipinski definition) is 4. The molecule has 1 amide bonds. The van der Waals surface area contributed by atoms with Crippen molar-refractivity contribution in [3.05, 3.63) is 28.1 Å². The van der Waals surface area contributed by atoms with Crippen molar-refractivity contribution in [2.45, 2.75) is 19.8 Å². The summed E-state index contributed by atoms with van der Waals surface area (Å²) >= 11 is 0. The van der Waals surface area contributed by atoms with E-state index in [4.69, 9.17) is 0 Å². The van der Waals surface area contributed by atoms with Crippen LogP contribution in [-0.2, 0) is 7.05 Å². The smallest absolute Gasteiger partial charge is 0.287 e. The zero-order valence-electron chi connectivity index (χ0n) is 11.8. The highest BCUT2D eigenvalue weighted by molar-refractivity contribution is 5.93. The molecule has 0 saturated carbocycles. The van der Waals surface area contributed by atoms with E-state index in [1.807, 2.05) is 0 Å². The van der Waals surface area contributed by atoms with Gasteiger partial charge in [0.15, 0.2) is 0 Å². The van der Waals surface area contributed by atoms with Gasteiger partial charge in [-0.25, -0.2) is 0 Å². The van der Waals surface area contributed by atoms with Gasteiger partial charge in [-0.3, -0.25) is 14.9 Å². The summed E-state index contributed by atoms with van der Waals surface area (Å²) in [5.41, 5.74) is 0.289. The lowest BCUT2D eigenvalue weighted by atomic mass is 9.83. The maximum atomic E-state index is 12.1. The number of piperidine rings is 1. The number of rotatable bonds is 4. The van der Waals surface area contributed by atoms with Crippen LogP contribution in [0.1, 0.15) is 30.3 Å². The second-order valence-corrected chi connectivity index (χ2v) is 5.73. The maximum Gasteiger partial charge on any atom is 0.287 e. The van der Waals surface area contributed by atoms with Crippen molar-refractivity contribution in [2.24, 2.45) is 12.5 Å². The van der Waals surface area contributed by atoms with Crippen LogP contribution in [0.3, 0.4) is 0 Å². The monoisotopic (exact) mass is 280 g/mol. The van der Waals surface area contributed by atoms with E-state index in [1.165, 1.54) is 16.8 Å². The number of aryl methyl sites for hydroxylation is 1. The number of nitro groups is 1. The molecular formula is C13H20N4O3. The second kappa shape index (κ2) is 5.62. The van der Waals surface area contributed by atoms with E-state index in [0.717, 1.165) is 25.9 Å². The normalized spacial score (nSPS) is 22.5. The Morgan fingerprint density at radius 3 is 2.95 bits per heavy atom. The number of nitrogens with zero attached hydrogens (tertiary/aromatic N) is 2. The standard InChI is InChI=1S/C13H20N4O3/c1-13(4-3-5-14-8-13)9-15-12(18)11-6-10(17(19)20)7-16(11)2/h6-7,14H,3-5,8-9H2,1-2H3,(H,15,18). The predicted molar refractivity (Wildman–Crippen MR) is 74.6 cm³/mol. The molecule has 0 bridgehead atoms. The highest BCUT2D eigenvalue weighted by Crippen LogP contribution is 2.24. The minimum absolute atomic E-state index is 0.0466. The van der Waals surface area contributed by atoms with E-state index in [0.29, 0.717) is 12.2 Å². The third kappa shape index (κ3) is 3.16. The van der Waals surface area contributed by atoms with Crippen molar-refractivity contribution in [2.75, 3.05) is 19.6 Å². The van der Waals surface area contributed by atoms with Crippen LogP contribution in [0.4, 0.5) is 5.69 Å². The van der Waals surface area contributed by atoms with Gasteiger partial charge < -0.3 is 15.2 Å². The number of nitrogens with one attached hydrogen (secondary N) is 2. The van der Waals surface area contributed by atoms with Crippen LogP contribution in [0.25, 0.3) is 0 Å². The summed E-state index contributed by atoms with van der Waals surface area (Å²) in [6, 6.07) is 1.30. The van der Waals surface area contributed by atoms with Gasteiger partial charge in [-0.15, -0.1) is 0 Å². The summed E-state index contributed by atoms with van der Waals surface area (Å²) in [5.74, 6) is -0.271. The average Bonchev–Trinajstić information content (AvgIpc) is 2.79. The first-order valence-electron chi connectivity index (χ1n) is 6.71. The molecule has 1 aliphatic rings. The molecule has 1 aromatic heterocycles. The fourth-order valence-corrected chi connectivity index (χ4v) is 2.53. The molecule has 1 aromatic rings. The molecule has 2 N–H and O–H groups in total. The third-order valence-electron chi connectivity index (χ3n) is 3.80. The lowest BCUT2D eigenvalue weighted by Gasteiger charge is -2.34. The van der Waals surface area contributed by atoms with Gasteiger partial charge in [0.05, 0.1) is 11.1 Å². The van der Waals surface area contributed by atoms with E-state index in [2.05, 4.69) is 17.6 Å². The van der Waals surface area contributed by atoms with E-state index >= 15 is 0 Å². The quantitative estimate of drug-likeness (QED) is 0.637. The molecule has 0 radical (unpaired) electrons. The largest absolute Gasteiger partial charge is 0.350 e. The van der Waals surface area contributed by atoms with Gasteiger partial charge in [0.1, 0.15) is 5.69 Å². The minimum Gasteiger partial charge on any atom is -0.350 e. The van der Waals surface area contributed by atoms with Crippen molar-refractivity contribution in [1.29, 1.82) is 0 Å².